The molecule has 1 unspecified atom stereocenters. The van der Waals surface area contributed by atoms with Crippen LogP contribution in [0.3, 0.4) is 0 Å². The van der Waals surface area contributed by atoms with Gasteiger partial charge in [-0.05, 0) is 13.0 Å². The summed E-state index contributed by atoms with van der Waals surface area (Å²) in [5.41, 5.74) is -1.34. The fraction of sp³-hybridized carbons (Fsp3) is 0.750. The standard InChI is InChI=1S/C8H10F3N3O2/c9-8(10,11)3-5-13-6(16-14-5)7(15)1-2-12-4-7/h12,15H,1-4H2. The Bertz CT molecular complexity index is 371. The maximum absolute atomic E-state index is 12.0. The van der Waals surface area contributed by atoms with Crippen LogP contribution in [-0.2, 0) is 12.0 Å². The maximum atomic E-state index is 12.0. The van der Waals surface area contributed by atoms with Crippen molar-refractivity contribution in [1.29, 1.82) is 0 Å². The van der Waals surface area contributed by atoms with Crippen LogP contribution in [0.25, 0.3) is 0 Å². The summed E-state index contributed by atoms with van der Waals surface area (Å²) in [5.74, 6) is -0.612. The quantitative estimate of drug-likeness (QED) is 0.776. The lowest BCUT2D eigenvalue weighted by atomic mass is 10.0. The van der Waals surface area contributed by atoms with Gasteiger partial charge in [-0.2, -0.15) is 18.2 Å². The molecule has 0 amide bonds. The largest absolute Gasteiger partial charge is 0.396 e. The topological polar surface area (TPSA) is 71.2 Å². The highest BCUT2D eigenvalue weighted by Crippen LogP contribution is 2.27. The molecule has 0 spiro atoms. The Morgan fingerprint density at radius 1 is 1.50 bits per heavy atom. The lowest BCUT2D eigenvalue weighted by Gasteiger charge is -2.14. The van der Waals surface area contributed by atoms with E-state index in [9.17, 15) is 18.3 Å². The second kappa shape index (κ2) is 3.70. The van der Waals surface area contributed by atoms with E-state index in [0.29, 0.717) is 13.0 Å². The average Bonchev–Trinajstić information content (AvgIpc) is 2.72. The Kier molecular flexibility index (Phi) is 2.62. The molecule has 2 heterocycles. The Morgan fingerprint density at radius 3 is 2.81 bits per heavy atom. The van der Waals surface area contributed by atoms with Gasteiger partial charge in [-0.25, -0.2) is 0 Å². The van der Waals surface area contributed by atoms with Gasteiger partial charge in [-0.1, -0.05) is 5.16 Å². The van der Waals surface area contributed by atoms with Crippen molar-refractivity contribution < 1.29 is 22.8 Å². The second-order valence-corrected chi connectivity index (χ2v) is 3.77. The number of nitrogens with zero attached hydrogens (tertiary/aromatic N) is 2. The molecule has 16 heavy (non-hydrogen) atoms. The third kappa shape index (κ3) is 2.33. The first-order chi connectivity index (χ1) is 7.39. The van der Waals surface area contributed by atoms with E-state index in [0.717, 1.165) is 0 Å². The summed E-state index contributed by atoms with van der Waals surface area (Å²) in [7, 11) is 0. The van der Waals surface area contributed by atoms with Crippen molar-refractivity contribution in [2.24, 2.45) is 0 Å². The van der Waals surface area contributed by atoms with Gasteiger partial charge in [0.15, 0.2) is 11.4 Å². The number of hydrogen-bond donors (Lipinski definition) is 2. The monoisotopic (exact) mass is 237 g/mol. The zero-order chi connectivity index (χ0) is 11.8. The molecule has 2 rings (SSSR count). The van der Waals surface area contributed by atoms with E-state index in [4.69, 9.17) is 0 Å². The molecule has 8 heteroatoms. The second-order valence-electron chi connectivity index (χ2n) is 3.77. The van der Waals surface area contributed by atoms with E-state index in [1.54, 1.807) is 0 Å². The van der Waals surface area contributed by atoms with Crippen molar-refractivity contribution >= 4 is 0 Å². The average molecular weight is 237 g/mol. The first kappa shape index (κ1) is 11.3. The normalized spacial score (nSPS) is 26.2. The molecule has 1 aromatic rings. The molecule has 1 saturated heterocycles. The zero-order valence-corrected chi connectivity index (χ0v) is 8.21. The fourth-order valence-electron chi connectivity index (χ4n) is 1.56. The fourth-order valence-corrected chi connectivity index (χ4v) is 1.56. The van der Waals surface area contributed by atoms with Crippen LogP contribution in [-0.4, -0.2) is 34.5 Å². The van der Waals surface area contributed by atoms with Crippen molar-refractivity contribution in [3.05, 3.63) is 11.7 Å². The van der Waals surface area contributed by atoms with Gasteiger partial charge in [0, 0.05) is 6.54 Å². The minimum atomic E-state index is -4.38. The van der Waals surface area contributed by atoms with Gasteiger partial charge < -0.3 is 14.9 Å². The van der Waals surface area contributed by atoms with Crippen molar-refractivity contribution in [2.45, 2.75) is 24.6 Å². The molecule has 1 aliphatic rings. The van der Waals surface area contributed by atoms with E-state index >= 15 is 0 Å². The Balaban J connectivity index is 2.13. The molecule has 0 bridgehead atoms. The molecule has 1 aliphatic heterocycles. The third-order valence-electron chi connectivity index (χ3n) is 2.36. The Morgan fingerprint density at radius 2 is 2.25 bits per heavy atom. The predicted octanol–water partition coefficient (Wildman–Crippen LogP) is 0.355. The molecule has 2 N–H and O–H groups in total. The molecule has 90 valence electrons. The number of rotatable bonds is 2. The highest BCUT2D eigenvalue weighted by atomic mass is 19.4. The van der Waals surface area contributed by atoms with Crippen LogP contribution in [0, 0.1) is 0 Å². The SMILES string of the molecule is OC1(c2nc(CC(F)(F)F)no2)CCNC1. The molecule has 0 aliphatic carbocycles. The molecule has 0 radical (unpaired) electrons. The molecule has 1 atom stereocenters. The Hall–Kier alpha value is -1.15. The van der Waals surface area contributed by atoms with Crippen LogP contribution in [0.4, 0.5) is 13.2 Å². The maximum Gasteiger partial charge on any atom is 0.396 e. The molecule has 1 aromatic heterocycles. The first-order valence-electron chi connectivity index (χ1n) is 4.72. The lowest BCUT2D eigenvalue weighted by Crippen LogP contribution is -2.28. The van der Waals surface area contributed by atoms with Gasteiger partial charge in [0.2, 0.25) is 0 Å². The number of hydrogen-bond acceptors (Lipinski definition) is 5. The molecule has 0 saturated carbocycles. The number of aliphatic hydroxyl groups is 1. The summed E-state index contributed by atoms with van der Waals surface area (Å²) in [6.07, 6.45) is -5.28. The van der Waals surface area contributed by atoms with Crippen LogP contribution in [0.5, 0.6) is 0 Å². The summed E-state index contributed by atoms with van der Waals surface area (Å²) < 4.78 is 40.7. The van der Waals surface area contributed by atoms with E-state index in [-0.39, 0.29) is 12.4 Å². The van der Waals surface area contributed by atoms with Gasteiger partial charge in [-0.15, -0.1) is 0 Å². The van der Waals surface area contributed by atoms with Gasteiger partial charge >= 0.3 is 6.18 Å². The van der Waals surface area contributed by atoms with Crippen molar-refractivity contribution in [1.82, 2.24) is 15.5 Å². The van der Waals surface area contributed by atoms with Crippen LogP contribution in [0.1, 0.15) is 18.1 Å². The zero-order valence-electron chi connectivity index (χ0n) is 8.21. The molecule has 1 fully saturated rings. The van der Waals surface area contributed by atoms with Gasteiger partial charge in [-0.3, -0.25) is 0 Å². The van der Waals surface area contributed by atoms with Crippen LogP contribution < -0.4 is 5.32 Å². The number of β-amino-alcohol motifs (C(OH)–C–C–N with tert-alkyl or cyclic N) is 1. The van der Waals surface area contributed by atoms with Gasteiger partial charge in [0.05, 0.1) is 0 Å². The van der Waals surface area contributed by atoms with Crippen molar-refractivity contribution in [3.63, 3.8) is 0 Å². The third-order valence-corrected chi connectivity index (χ3v) is 2.36. The van der Waals surface area contributed by atoms with Gasteiger partial charge in [0.25, 0.3) is 5.89 Å². The molecular weight excluding hydrogens is 227 g/mol. The van der Waals surface area contributed by atoms with E-state index in [2.05, 4.69) is 20.0 Å². The smallest absolute Gasteiger partial charge is 0.379 e. The summed E-state index contributed by atoms with van der Waals surface area (Å²) in [4.78, 5) is 3.56. The van der Waals surface area contributed by atoms with Crippen LogP contribution >= 0.6 is 0 Å². The van der Waals surface area contributed by atoms with E-state index in [1.807, 2.05) is 0 Å². The summed E-state index contributed by atoms with van der Waals surface area (Å²) >= 11 is 0. The van der Waals surface area contributed by atoms with E-state index in [1.165, 1.54) is 0 Å². The Labute approximate surface area is 88.6 Å². The van der Waals surface area contributed by atoms with Gasteiger partial charge in [0.1, 0.15) is 6.42 Å². The lowest BCUT2D eigenvalue weighted by molar-refractivity contribution is -0.128. The minimum absolute atomic E-state index is 0.156. The van der Waals surface area contributed by atoms with Crippen LogP contribution in [0.15, 0.2) is 4.52 Å². The summed E-state index contributed by atoms with van der Waals surface area (Å²) in [6, 6.07) is 0. The van der Waals surface area contributed by atoms with Crippen molar-refractivity contribution in [2.75, 3.05) is 13.1 Å². The van der Waals surface area contributed by atoms with E-state index < -0.39 is 24.0 Å². The number of halogens is 3. The molecular formula is C8H10F3N3O2. The highest BCUT2D eigenvalue weighted by Gasteiger charge is 2.40. The molecule has 0 aromatic carbocycles. The number of nitrogens with one attached hydrogen (secondary N) is 1. The summed E-state index contributed by atoms with van der Waals surface area (Å²) in [5, 5.41) is 16.0. The first-order valence-corrected chi connectivity index (χ1v) is 4.72. The number of alkyl halides is 3. The predicted molar refractivity (Wildman–Crippen MR) is 45.4 cm³/mol. The minimum Gasteiger partial charge on any atom is -0.379 e. The molecule has 5 nitrogen and oxygen atoms in total. The van der Waals surface area contributed by atoms with Crippen LogP contribution in [0.2, 0.25) is 0 Å². The highest BCUT2D eigenvalue weighted by molar-refractivity contribution is 5.03. The number of aromatic nitrogens is 2. The van der Waals surface area contributed by atoms with Crippen molar-refractivity contribution in [3.8, 4) is 0 Å². The summed E-state index contributed by atoms with van der Waals surface area (Å²) in [6.45, 7) is 0.772.